The molecule has 0 aliphatic carbocycles. The van der Waals surface area contributed by atoms with Gasteiger partial charge >= 0.3 is 0 Å². The van der Waals surface area contributed by atoms with Gasteiger partial charge in [0.2, 0.25) is 0 Å². The van der Waals surface area contributed by atoms with E-state index in [1.54, 1.807) is 0 Å². The monoisotopic (exact) mass is 214 g/mol. The summed E-state index contributed by atoms with van der Waals surface area (Å²) in [4.78, 5) is 1.23. The number of hydrogen-bond donors (Lipinski definition) is 0. The lowest BCUT2D eigenvalue weighted by atomic mass is 10.0. The van der Waals surface area contributed by atoms with E-state index < -0.39 is 0 Å². The number of benzene rings is 2. The molecule has 1 atom stereocenters. The van der Waals surface area contributed by atoms with Gasteiger partial charge in [0, 0.05) is 22.5 Å². The Kier molecular flexibility index (Phi) is 2.24. The molecule has 2 heteroatoms. The molecule has 1 unspecified atom stereocenters. The lowest BCUT2D eigenvalue weighted by molar-refractivity contribution is 0.310. The molecule has 3 rings (SSSR count). The first kappa shape index (κ1) is 9.01. The third-order valence-electron chi connectivity index (χ3n) is 2.54. The van der Waals surface area contributed by atoms with E-state index >= 15 is 0 Å². The molecule has 0 fully saturated rings. The summed E-state index contributed by atoms with van der Waals surface area (Å²) in [6.07, 6.45) is 0.0902. The Labute approximate surface area is 93.3 Å². The highest BCUT2D eigenvalue weighted by Gasteiger charge is 2.25. The Hall–Kier alpha value is -1.25. The summed E-state index contributed by atoms with van der Waals surface area (Å²) >= 11 is 1.47. The minimum absolute atomic E-state index is 0.0902. The molecular formula is C13H10OS. The minimum atomic E-state index is 0.0902. The van der Waals surface area contributed by atoms with Crippen molar-refractivity contribution in [3.8, 4) is 0 Å². The van der Waals surface area contributed by atoms with Gasteiger partial charge in [-0.2, -0.15) is 0 Å². The largest absolute Gasteiger partial charge is 0.297 e. The third kappa shape index (κ3) is 1.56. The van der Waals surface area contributed by atoms with E-state index in [0.717, 1.165) is 0 Å². The van der Waals surface area contributed by atoms with Crippen LogP contribution in [-0.2, 0) is 4.18 Å². The molecule has 2 aromatic rings. The zero-order valence-corrected chi connectivity index (χ0v) is 8.91. The smallest absolute Gasteiger partial charge is 0.124 e. The average Bonchev–Trinajstić information content (AvgIpc) is 2.74. The fourth-order valence-corrected chi connectivity index (χ4v) is 2.61. The second-order valence-electron chi connectivity index (χ2n) is 3.51. The average molecular weight is 214 g/mol. The molecule has 0 spiro atoms. The zero-order chi connectivity index (χ0) is 10.1. The van der Waals surface area contributed by atoms with Gasteiger partial charge in [0.15, 0.2) is 0 Å². The fraction of sp³-hybridized carbons (Fsp3) is 0.0769. The summed E-state index contributed by atoms with van der Waals surface area (Å²) in [7, 11) is 0. The maximum Gasteiger partial charge on any atom is 0.124 e. The summed E-state index contributed by atoms with van der Waals surface area (Å²) in [5, 5.41) is 0. The van der Waals surface area contributed by atoms with Gasteiger partial charge < -0.3 is 0 Å². The van der Waals surface area contributed by atoms with E-state index in [1.807, 2.05) is 24.3 Å². The van der Waals surface area contributed by atoms with Crippen molar-refractivity contribution in [1.29, 1.82) is 0 Å². The van der Waals surface area contributed by atoms with Crippen LogP contribution in [0.2, 0.25) is 0 Å². The molecule has 74 valence electrons. The third-order valence-corrected chi connectivity index (χ3v) is 3.38. The highest BCUT2D eigenvalue weighted by atomic mass is 32.2. The normalized spacial score (nSPS) is 18.8. The topological polar surface area (TPSA) is 9.23 Å². The van der Waals surface area contributed by atoms with E-state index in [2.05, 4.69) is 30.3 Å². The molecule has 0 saturated heterocycles. The quantitative estimate of drug-likeness (QED) is 0.667. The van der Waals surface area contributed by atoms with Crippen LogP contribution in [0.5, 0.6) is 0 Å². The Morgan fingerprint density at radius 3 is 2.47 bits per heavy atom. The SMILES string of the molecule is c1ccc(C2OSc3ccccc32)cc1. The first-order chi connectivity index (χ1) is 7.45. The van der Waals surface area contributed by atoms with Crippen LogP contribution >= 0.6 is 12.0 Å². The summed E-state index contributed by atoms with van der Waals surface area (Å²) < 4.78 is 5.73. The van der Waals surface area contributed by atoms with Gasteiger partial charge in [-0.25, -0.2) is 0 Å². The van der Waals surface area contributed by atoms with Crippen LogP contribution in [0.4, 0.5) is 0 Å². The molecule has 0 saturated carbocycles. The molecule has 0 bridgehead atoms. The van der Waals surface area contributed by atoms with Gasteiger partial charge in [-0.05, 0) is 11.6 Å². The fourth-order valence-electron chi connectivity index (χ4n) is 1.79. The summed E-state index contributed by atoms with van der Waals surface area (Å²) in [6, 6.07) is 18.7. The van der Waals surface area contributed by atoms with Gasteiger partial charge in [0.05, 0.1) is 0 Å². The van der Waals surface area contributed by atoms with Gasteiger partial charge in [-0.15, -0.1) is 0 Å². The highest BCUT2D eigenvalue weighted by Crippen LogP contribution is 2.44. The van der Waals surface area contributed by atoms with Crippen LogP contribution in [0, 0.1) is 0 Å². The van der Waals surface area contributed by atoms with E-state index in [1.165, 1.54) is 28.1 Å². The number of rotatable bonds is 1. The van der Waals surface area contributed by atoms with Crippen molar-refractivity contribution < 1.29 is 4.18 Å². The molecule has 1 aliphatic heterocycles. The Balaban J connectivity index is 2.05. The highest BCUT2D eigenvalue weighted by molar-refractivity contribution is 7.95. The first-order valence-electron chi connectivity index (χ1n) is 4.92. The lowest BCUT2D eigenvalue weighted by Crippen LogP contribution is -1.96. The maximum atomic E-state index is 5.73. The van der Waals surface area contributed by atoms with Crippen molar-refractivity contribution in [1.82, 2.24) is 0 Å². The van der Waals surface area contributed by atoms with Crippen LogP contribution in [0.15, 0.2) is 59.5 Å². The van der Waals surface area contributed by atoms with Gasteiger partial charge in [-0.1, -0.05) is 48.5 Å². The van der Waals surface area contributed by atoms with Crippen molar-refractivity contribution in [3.63, 3.8) is 0 Å². The van der Waals surface area contributed by atoms with Crippen molar-refractivity contribution >= 4 is 12.0 Å². The predicted octanol–water partition coefficient (Wildman–Crippen LogP) is 3.81. The van der Waals surface area contributed by atoms with Crippen LogP contribution in [0.1, 0.15) is 17.2 Å². The van der Waals surface area contributed by atoms with Gasteiger partial charge in [-0.3, -0.25) is 4.18 Å². The van der Waals surface area contributed by atoms with Crippen LogP contribution in [0.3, 0.4) is 0 Å². The van der Waals surface area contributed by atoms with Crippen LogP contribution in [0.25, 0.3) is 0 Å². The number of fused-ring (bicyclic) bond motifs is 1. The maximum absolute atomic E-state index is 5.73. The van der Waals surface area contributed by atoms with E-state index in [-0.39, 0.29) is 6.10 Å². The summed E-state index contributed by atoms with van der Waals surface area (Å²) in [5.41, 5.74) is 2.49. The second kappa shape index (κ2) is 3.72. The van der Waals surface area contributed by atoms with Crippen LogP contribution in [-0.4, -0.2) is 0 Å². The van der Waals surface area contributed by atoms with Crippen molar-refractivity contribution in [2.45, 2.75) is 11.0 Å². The Morgan fingerprint density at radius 1 is 0.867 bits per heavy atom. The van der Waals surface area contributed by atoms with Crippen molar-refractivity contribution in [3.05, 3.63) is 65.7 Å². The Bertz CT molecular complexity index is 467. The van der Waals surface area contributed by atoms with Gasteiger partial charge in [0.1, 0.15) is 6.10 Å². The molecule has 0 amide bonds. The standard InChI is InChI=1S/C13H10OS/c1-2-6-10(7-3-1)13-11-8-4-5-9-12(11)15-14-13/h1-9,13H. The molecule has 1 aliphatic rings. The molecule has 1 heterocycles. The summed E-state index contributed by atoms with van der Waals surface area (Å²) in [6.45, 7) is 0. The molecule has 0 aromatic heterocycles. The molecule has 15 heavy (non-hydrogen) atoms. The van der Waals surface area contributed by atoms with E-state index in [4.69, 9.17) is 4.18 Å². The van der Waals surface area contributed by atoms with Gasteiger partial charge in [0.25, 0.3) is 0 Å². The van der Waals surface area contributed by atoms with E-state index in [9.17, 15) is 0 Å². The molecule has 1 nitrogen and oxygen atoms in total. The molecule has 2 aromatic carbocycles. The predicted molar refractivity (Wildman–Crippen MR) is 61.7 cm³/mol. The Morgan fingerprint density at radius 2 is 1.60 bits per heavy atom. The number of hydrogen-bond acceptors (Lipinski definition) is 2. The summed E-state index contributed by atoms with van der Waals surface area (Å²) in [5.74, 6) is 0. The van der Waals surface area contributed by atoms with Crippen LogP contribution < -0.4 is 0 Å². The minimum Gasteiger partial charge on any atom is -0.297 e. The van der Waals surface area contributed by atoms with Crippen molar-refractivity contribution in [2.24, 2.45) is 0 Å². The van der Waals surface area contributed by atoms with E-state index in [0.29, 0.717) is 0 Å². The lowest BCUT2D eigenvalue weighted by Gasteiger charge is -2.09. The molecule has 0 N–H and O–H groups in total. The molecule has 0 radical (unpaired) electrons. The second-order valence-corrected chi connectivity index (χ2v) is 4.31. The van der Waals surface area contributed by atoms with Crippen molar-refractivity contribution in [2.75, 3.05) is 0 Å². The first-order valence-corrected chi connectivity index (χ1v) is 5.66. The molecular weight excluding hydrogens is 204 g/mol. The zero-order valence-electron chi connectivity index (χ0n) is 8.09.